The summed E-state index contributed by atoms with van der Waals surface area (Å²) in [6, 6.07) is 2.20. The Morgan fingerprint density at radius 3 is 2.42 bits per heavy atom. The van der Waals surface area contributed by atoms with E-state index in [0.29, 0.717) is 13.2 Å². The van der Waals surface area contributed by atoms with Crippen LogP contribution in [0, 0.1) is 0 Å². The normalized spacial score (nSPS) is 12.9. The zero-order valence-corrected chi connectivity index (χ0v) is 13.4. The second-order valence-corrected chi connectivity index (χ2v) is 5.07. The van der Waals surface area contributed by atoms with Crippen LogP contribution < -0.4 is 5.32 Å². The maximum atomic E-state index is 5.68. The number of pyridine rings is 1. The molecule has 1 unspecified atom stereocenters. The van der Waals surface area contributed by atoms with Crippen molar-refractivity contribution in [3.8, 4) is 0 Å². The Morgan fingerprint density at radius 1 is 1.21 bits per heavy atom. The quantitative estimate of drug-likeness (QED) is 0.707. The van der Waals surface area contributed by atoms with E-state index in [9.17, 15) is 0 Å². The molecule has 1 aromatic heterocycles. The van der Waals surface area contributed by atoms with Crippen molar-refractivity contribution < 1.29 is 9.47 Å². The predicted octanol–water partition coefficient (Wildman–Crippen LogP) is 2.76. The van der Waals surface area contributed by atoms with Gasteiger partial charge in [0.1, 0.15) is 0 Å². The molecule has 1 aromatic rings. The number of hydrogen-bond acceptors (Lipinski definition) is 4. The standard InChI is InChI=1S/C14H23BrN2O2/c1-4-17-13(14(18-5-2)19-6-3)8-11-7-12(15)10-16-9-11/h7,9-10,13-14,17H,4-6,8H2,1-3H3. The van der Waals surface area contributed by atoms with Gasteiger partial charge in [0.2, 0.25) is 0 Å². The van der Waals surface area contributed by atoms with E-state index in [4.69, 9.17) is 9.47 Å². The van der Waals surface area contributed by atoms with Crippen LogP contribution in [0.25, 0.3) is 0 Å². The van der Waals surface area contributed by atoms with Crippen molar-refractivity contribution in [2.75, 3.05) is 19.8 Å². The third kappa shape index (κ3) is 5.99. The molecule has 0 spiro atoms. The lowest BCUT2D eigenvalue weighted by Gasteiger charge is -2.27. The first-order chi connectivity index (χ1) is 9.21. The van der Waals surface area contributed by atoms with Crippen LogP contribution in [0.2, 0.25) is 0 Å². The average molecular weight is 331 g/mol. The van der Waals surface area contributed by atoms with Crippen molar-refractivity contribution in [3.63, 3.8) is 0 Å². The lowest BCUT2D eigenvalue weighted by Crippen LogP contribution is -2.44. The second kappa shape index (κ2) is 9.42. The van der Waals surface area contributed by atoms with Crippen molar-refractivity contribution in [3.05, 3.63) is 28.5 Å². The number of aromatic nitrogens is 1. The molecule has 0 amide bonds. The number of ether oxygens (including phenoxy) is 2. The third-order valence-corrected chi connectivity index (χ3v) is 3.11. The smallest absolute Gasteiger partial charge is 0.172 e. The van der Waals surface area contributed by atoms with Crippen molar-refractivity contribution in [2.24, 2.45) is 0 Å². The Labute approximate surface area is 124 Å². The molecule has 4 nitrogen and oxygen atoms in total. The maximum Gasteiger partial charge on any atom is 0.172 e. The first-order valence-electron chi connectivity index (χ1n) is 6.77. The van der Waals surface area contributed by atoms with Crippen molar-refractivity contribution >= 4 is 15.9 Å². The highest BCUT2D eigenvalue weighted by atomic mass is 79.9. The van der Waals surface area contributed by atoms with Crippen LogP contribution in [-0.4, -0.2) is 37.1 Å². The van der Waals surface area contributed by atoms with Crippen LogP contribution in [-0.2, 0) is 15.9 Å². The summed E-state index contributed by atoms with van der Waals surface area (Å²) >= 11 is 3.44. The molecule has 0 aromatic carbocycles. The van der Waals surface area contributed by atoms with Crippen molar-refractivity contribution in [1.29, 1.82) is 0 Å². The third-order valence-electron chi connectivity index (χ3n) is 2.67. The molecule has 0 bridgehead atoms. The minimum absolute atomic E-state index is 0.126. The van der Waals surface area contributed by atoms with Gasteiger partial charge in [0, 0.05) is 30.1 Å². The van der Waals surface area contributed by atoms with Gasteiger partial charge in [-0.05, 0) is 54.4 Å². The summed E-state index contributed by atoms with van der Waals surface area (Å²) < 4.78 is 12.4. The zero-order chi connectivity index (χ0) is 14.1. The lowest BCUT2D eigenvalue weighted by atomic mass is 10.1. The van der Waals surface area contributed by atoms with E-state index >= 15 is 0 Å². The summed E-state index contributed by atoms with van der Waals surface area (Å²) in [5, 5.41) is 3.43. The molecular formula is C14H23BrN2O2. The average Bonchev–Trinajstić information content (AvgIpc) is 2.38. The van der Waals surface area contributed by atoms with Crippen LogP contribution in [0.4, 0.5) is 0 Å². The molecule has 108 valence electrons. The van der Waals surface area contributed by atoms with Crippen LogP contribution in [0.1, 0.15) is 26.3 Å². The zero-order valence-electron chi connectivity index (χ0n) is 11.9. The highest BCUT2D eigenvalue weighted by Crippen LogP contribution is 2.14. The molecule has 1 rings (SSSR count). The first kappa shape index (κ1) is 16.6. The Kier molecular flexibility index (Phi) is 8.21. The molecule has 1 N–H and O–H groups in total. The Morgan fingerprint density at radius 2 is 1.89 bits per heavy atom. The largest absolute Gasteiger partial charge is 0.351 e. The van der Waals surface area contributed by atoms with E-state index in [1.165, 1.54) is 0 Å². The number of nitrogens with one attached hydrogen (secondary N) is 1. The Hall–Kier alpha value is -0.490. The van der Waals surface area contributed by atoms with Crippen molar-refractivity contribution in [1.82, 2.24) is 10.3 Å². The molecule has 0 aliphatic rings. The molecule has 1 heterocycles. The molecule has 5 heteroatoms. The van der Waals surface area contributed by atoms with E-state index in [-0.39, 0.29) is 12.3 Å². The molecule has 0 fully saturated rings. The molecule has 0 aliphatic heterocycles. The fourth-order valence-electron chi connectivity index (χ4n) is 1.96. The van der Waals surface area contributed by atoms with Crippen LogP contribution in [0.3, 0.4) is 0 Å². The van der Waals surface area contributed by atoms with Crippen molar-refractivity contribution in [2.45, 2.75) is 39.5 Å². The van der Waals surface area contributed by atoms with Crippen LogP contribution in [0.15, 0.2) is 22.9 Å². The molecule has 19 heavy (non-hydrogen) atoms. The molecule has 1 atom stereocenters. The van der Waals surface area contributed by atoms with E-state index in [0.717, 1.165) is 23.0 Å². The summed E-state index contributed by atoms with van der Waals surface area (Å²) in [5.41, 5.74) is 1.16. The molecule has 0 saturated heterocycles. The maximum absolute atomic E-state index is 5.68. The van der Waals surface area contributed by atoms with E-state index in [1.807, 2.05) is 20.0 Å². The van der Waals surface area contributed by atoms with Gasteiger partial charge in [-0.3, -0.25) is 4.98 Å². The lowest BCUT2D eigenvalue weighted by molar-refractivity contribution is -0.153. The summed E-state index contributed by atoms with van der Waals surface area (Å²) in [7, 11) is 0. The molecule has 0 aliphatic carbocycles. The monoisotopic (exact) mass is 330 g/mol. The first-order valence-corrected chi connectivity index (χ1v) is 7.56. The highest BCUT2D eigenvalue weighted by molar-refractivity contribution is 9.10. The van der Waals surface area contributed by atoms with Gasteiger partial charge >= 0.3 is 0 Å². The fraction of sp³-hybridized carbons (Fsp3) is 0.643. The van der Waals surface area contributed by atoms with Crippen LogP contribution >= 0.6 is 15.9 Å². The molecule has 0 saturated carbocycles. The van der Waals surface area contributed by atoms with Gasteiger partial charge in [-0.1, -0.05) is 6.92 Å². The molecule has 0 radical (unpaired) electrons. The predicted molar refractivity (Wildman–Crippen MR) is 80.1 cm³/mol. The van der Waals surface area contributed by atoms with Crippen LogP contribution in [0.5, 0.6) is 0 Å². The summed E-state index contributed by atoms with van der Waals surface area (Å²) in [6.07, 6.45) is 4.26. The SMILES string of the molecule is CCNC(Cc1cncc(Br)c1)C(OCC)OCC. The number of nitrogens with zero attached hydrogens (tertiary/aromatic N) is 1. The van der Waals surface area contributed by atoms with Gasteiger partial charge in [0.15, 0.2) is 6.29 Å². The van der Waals surface area contributed by atoms with Gasteiger partial charge in [-0.2, -0.15) is 0 Å². The van der Waals surface area contributed by atoms with Gasteiger partial charge in [0.25, 0.3) is 0 Å². The summed E-state index contributed by atoms with van der Waals surface area (Å²) in [4.78, 5) is 4.19. The highest BCUT2D eigenvalue weighted by Gasteiger charge is 2.22. The summed E-state index contributed by atoms with van der Waals surface area (Å²) in [6.45, 7) is 8.21. The minimum atomic E-state index is -0.228. The number of rotatable bonds is 9. The van der Waals surface area contributed by atoms with E-state index in [1.54, 1.807) is 6.20 Å². The summed E-state index contributed by atoms with van der Waals surface area (Å²) in [5.74, 6) is 0. The Bertz CT molecular complexity index is 357. The fourth-order valence-corrected chi connectivity index (χ4v) is 2.37. The Balaban J connectivity index is 2.74. The van der Waals surface area contributed by atoms with Gasteiger partial charge in [-0.25, -0.2) is 0 Å². The van der Waals surface area contributed by atoms with Gasteiger partial charge < -0.3 is 14.8 Å². The number of likely N-dealkylation sites (N-methyl/N-ethyl adjacent to an activating group) is 1. The van der Waals surface area contributed by atoms with Gasteiger partial charge in [-0.15, -0.1) is 0 Å². The topological polar surface area (TPSA) is 43.4 Å². The molecular weight excluding hydrogens is 308 g/mol. The second-order valence-electron chi connectivity index (χ2n) is 4.16. The van der Waals surface area contributed by atoms with Gasteiger partial charge in [0.05, 0.1) is 6.04 Å². The van der Waals surface area contributed by atoms with E-state index < -0.39 is 0 Å². The number of hydrogen-bond donors (Lipinski definition) is 1. The number of halogens is 1. The van der Waals surface area contributed by atoms with E-state index in [2.05, 4.69) is 39.2 Å². The minimum Gasteiger partial charge on any atom is -0.351 e.